The van der Waals surface area contributed by atoms with Gasteiger partial charge in [-0.05, 0) is 49.4 Å². The lowest BCUT2D eigenvalue weighted by Gasteiger charge is -2.04. The zero-order valence-electron chi connectivity index (χ0n) is 14.8. The molecule has 0 radical (unpaired) electrons. The Labute approximate surface area is 164 Å². The first-order valence-corrected chi connectivity index (χ1v) is 9.34. The molecular formula is C19H15N3O5S. The summed E-state index contributed by atoms with van der Waals surface area (Å²) in [7, 11) is 0. The highest BCUT2D eigenvalue weighted by Crippen LogP contribution is 2.36. The number of benzene rings is 2. The van der Waals surface area contributed by atoms with Crippen LogP contribution in [0.1, 0.15) is 17.3 Å². The molecule has 0 bridgehead atoms. The highest BCUT2D eigenvalue weighted by molar-refractivity contribution is 7.99. The average Bonchev–Trinajstić information content (AvgIpc) is 3.35. The Morgan fingerprint density at radius 3 is 2.64 bits per heavy atom. The second-order valence-corrected chi connectivity index (χ2v) is 6.84. The number of rotatable bonds is 6. The van der Waals surface area contributed by atoms with Crippen LogP contribution in [0.3, 0.4) is 0 Å². The van der Waals surface area contributed by atoms with Gasteiger partial charge in [0.05, 0.1) is 5.75 Å². The van der Waals surface area contributed by atoms with Crippen molar-refractivity contribution >= 4 is 29.1 Å². The van der Waals surface area contributed by atoms with Gasteiger partial charge in [-0.2, -0.15) is 0 Å². The first-order chi connectivity index (χ1) is 13.6. The molecule has 1 N–H and O–H groups in total. The summed E-state index contributed by atoms with van der Waals surface area (Å²) in [6.45, 7) is 1.68. The van der Waals surface area contributed by atoms with E-state index in [9.17, 15) is 9.59 Å². The fraction of sp³-hybridized carbons (Fsp3) is 0.158. The molecule has 142 valence electrons. The predicted molar refractivity (Wildman–Crippen MR) is 102 cm³/mol. The zero-order valence-corrected chi connectivity index (χ0v) is 15.6. The van der Waals surface area contributed by atoms with Crippen LogP contribution < -0.4 is 14.8 Å². The standard InChI is InChI=1S/C19H15N3O5S/c1-11(23)12-2-5-14(6-3-12)20-17(24)9-28-19-22-21-18(27-19)13-4-7-15-16(8-13)26-10-25-15/h2-8H,9-10H2,1H3,(H,20,24). The number of anilines is 1. The van der Waals surface area contributed by atoms with Crippen molar-refractivity contribution in [3.8, 4) is 23.0 Å². The first kappa shape index (κ1) is 18.1. The van der Waals surface area contributed by atoms with Crippen LogP contribution in [-0.2, 0) is 4.79 Å². The molecule has 1 amide bonds. The third kappa shape index (κ3) is 3.99. The van der Waals surface area contributed by atoms with Gasteiger partial charge < -0.3 is 19.2 Å². The number of carbonyl (C=O) groups excluding carboxylic acids is 2. The van der Waals surface area contributed by atoms with Crippen LogP contribution in [0.5, 0.6) is 11.5 Å². The Balaban J connectivity index is 1.34. The third-order valence-electron chi connectivity index (χ3n) is 3.93. The number of Topliss-reactive ketones (excluding diaryl/α,β-unsaturated/α-hetero) is 1. The lowest BCUT2D eigenvalue weighted by Crippen LogP contribution is -2.14. The maximum atomic E-state index is 12.1. The van der Waals surface area contributed by atoms with Crippen LogP contribution in [0.15, 0.2) is 52.1 Å². The van der Waals surface area contributed by atoms with Crippen molar-refractivity contribution in [3.63, 3.8) is 0 Å². The van der Waals surface area contributed by atoms with Gasteiger partial charge in [-0.3, -0.25) is 9.59 Å². The van der Waals surface area contributed by atoms with Gasteiger partial charge in [-0.15, -0.1) is 10.2 Å². The molecule has 8 nitrogen and oxygen atoms in total. The molecule has 0 atom stereocenters. The molecule has 1 aromatic heterocycles. The molecule has 0 spiro atoms. The van der Waals surface area contributed by atoms with Gasteiger partial charge in [0.1, 0.15) is 0 Å². The summed E-state index contributed by atoms with van der Waals surface area (Å²) >= 11 is 1.13. The van der Waals surface area contributed by atoms with Crippen LogP contribution >= 0.6 is 11.8 Å². The molecule has 0 aliphatic carbocycles. The molecular weight excluding hydrogens is 382 g/mol. The van der Waals surface area contributed by atoms with E-state index in [1.807, 2.05) is 0 Å². The molecule has 1 aliphatic heterocycles. The molecule has 28 heavy (non-hydrogen) atoms. The summed E-state index contributed by atoms with van der Waals surface area (Å²) in [6.07, 6.45) is 0. The number of hydrogen-bond donors (Lipinski definition) is 1. The number of ketones is 1. The lowest BCUT2D eigenvalue weighted by molar-refractivity contribution is -0.113. The molecule has 2 heterocycles. The maximum absolute atomic E-state index is 12.1. The summed E-state index contributed by atoms with van der Waals surface area (Å²) in [4.78, 5) is 23.4. The fourth-order valence-corrected chi connectivity index (χ4v) is 3.09. The normalized spacial score (nSPS) is 12.0. The van der Waals surface area contributed by atoms with E-state index in [0.29, 0.717) is 34.2 Å². The van der Waals surface area contributed by atoms with Gasteiger partial charge in [-0.25, -0.2) is 0 Å². The van der Waals surface area contributed by atoms with Crippen molar-refractivity contribution in [1.82, 2.24) is 10.2 Å². The number of hydrogen-bond acceptors (Lipinski definition) is 8. The van der Waals surface area contributed by atoms with Crippen molar-refractivity contribution < 1.29 is 23.5 Å². The van der Waals surface area contributed by atoms with E-state index in [0.717, 1.165) is 11.8 Å². The number of nitrogens with zero attached hydrogens (tertiary/aromatic N) is 2. The van der Waals surface area contributed by atoms with Gasteiger partial charge in [0.25, 0.3) is 5.22 Å². The number of fused-ring (bicyclic) bond motifs is 1. The Hall–Kier alpha value is -3.33. The number of thioether (sulfide) groups is 1. The van der Waals surface area contributed by atoms with Crippen molar-refractivity contribution in [2.75, 3.05) is 17.9 Å². The number of ether oxygens (including phenoxy) is 2. The highest BCUT2D eigenvalue weighted by Gasteiger charge is 2.17. The minimum absolute atomic E-state index is 0.0249. The van der Waals surface area contributed by atoms with Crippen molar-refractivity contribution in [2.45, 2.75) is 12.1 Å². The minimum Gasteiger partial charge on any atom is -0.454 e. The molecule has 3 aromatic rings. The van der Waals surface area contributed by atoms with Crippen LogP contribution in [0.2, 0.25) is 0 Å². The largest absolute Gasteiger partial charge is 0.454 e. The van der Waals surface area contributed by atoms with Gasteiger partial charge in [0.2, 0.25) is 18.6 Å². The molecule has 0 unspecified atom stereocenters. The Bertz CT molecular complexity index is 1030. The number of carbonyl (C=O) groups is 2. The first-order valence-electron chi connectivity index (χ1n) is 8.36. The summed E-state index contributed by atoms with van der Waals surface area (Å²) < 4.78 is 16.2. The zero-order chi connectivity index (χ0) is 19.5. The van der Waals surface area contributed by atoms with E-state index in [1.165, 1.54) is 6.92 Å². The summed E-state index contributed by atoms with van der Waals surface area (Å²) in [6, 6.07) is 12.0. The van der Waals surface area contributed by atoms with Crippen molar-refractivity contribution in [3.05, 3.63) is 48.0 Å². The SMILES string of the molecule is CC(=O)c1ccc(NC(=O)CSc2nnc(-c3ccc4c(c3)OCO4)o2)cc1. The topological polar surface area (TPSA) is 104 Å². The molecule has 1 aliphatic rings. The molecule has 0 fully saturated rings. The quantitative estimate of drug-likeness (QED) is 0.499. The fourth-order valence-electron chi connectivity index (χ4n) is 2.53. The highest BCUT2D eigenvalue weighted by atomic mass is 32.2. The van der Waals surface area contributed by atoms with E-state index < -0.39 is 0 Å². The monoisotopic (exact) mass is 397 g/mol. The summed E-state index contributed by atoms with van der Waals surface area (Å²) in [5, 5.41) is 11.0. The Morgan fingerprint density at radius 2 is 1.86 bits per heavy atom. The molecule has 0 saturated heterocycles. The molecule has 0 saturated carbocycles. The molecule has 4 rings (SSSR count). The maximum Gasteiger partial charge on any atom is 0.277 e. The molecule has 2 aromatic carbocycles. The van der Waals surface area contributed by atoms with Crippen LogP contribution in [0.4, 0.5) is 5.69 Å². The van der Waals surface area contributed by atoms with E-state index in [-0.39, 0.29) is 29.5 Å². The second kappa shape index (κ2) is 7.73. The van der Waals surface area contributed by atoms with Gasteiger partial charge >= 0.3 is 0 Å². The van der Waals surface area contributed by atoms with E-state index in [2.05, 4.69) is 15.5 Å². The minimum atomic E-state index is -0.219. The second-order valence-electron chi connectivity index (χ2n) is 5.91. The van der Waals surface area contributed by atoms with E-state index in [4.69, 9.17) is 13.9 Å². The Morgan fingerprint density at radius 1 is 1.07 bits per heavy atom. The van der Waals surface area contributed by atoms with Crippen molar-refractivity contribution in [1.29, 1.82) is 0 Å². The van der Waals surface area contributed by atoms with Crippen LogP contribution in [0, 0.1) is 0 Å². The van der Waals surface area contributed by atoms with Gasteiger partial charge in [0.15, 0.2) is 17.3 Å². The predicted octanol–water partition coefficient (Wildman–Crippen LogP) is 3.40. The number of nitrogens with one attached hydrogen (secondary N) is 1. The number of aromatic nitrogens is 2. The average molecular weight is 397 g/mol. The Kier molecular flexibility index (Phi) is 4.98. The van der Waals surface area contributed by atoms with Crippen LogP contribution in [-0.4, -0.2) is 34.4 Å². The third-order valence-corrected chi connectivity index (χ3v) is 4.75. The van der Waals surface area contributed by atoms with Crippen molar-refractivity contribution in [2.24, 2.45) is 0 Å². The summed E-state index contributed by atoms with van der Waals surface area (Å²) in [5.41, 5.74) is 1.91. The van der Waals surface area contributed by atoms with E-state index in [1.54, 1.807) is 42.5 Å². The smallest absolute Gasteiger partial charge is 0.277 e. The van der Waals surface area contributed by atoms with Gasteiger partial charge in [-0.1, -0.05) is 11.8 Å². The van der Waals surface area contributed by atoms with Crippen LogP contribution in [0.25, 0.3) is 11.5 Å². The van der Waals surface area contributed by atoms with Gasteiger partial charge in [0, 0.05) is 16.8 Å². The summed E-state index contributed by atoms with van der Waals surface area (Å²) in [5.74, 6) is 1.50. The molecule has 9 heteroatoms. The van der Waals surface area contributed by atoms with E-state index >= 15 is 0 Å². The number of amides is 1. The lowest BCUT2D eigenvalue weighted by atomic mass is 10.1.